The van der Waals surface area contributed by atoms with Gasteiger partial charge in [-0.15, -0.1) is 0 Å². The van der Waals surface area contributed by atoms with Gasteiger partial charge >= 0.3 is 5.97 Å². The third-order valence-corrected chi connectivity index (χ3v) is 4.81. The summed E-state index contributed by atoms with van der Waals surface area (Å²) in [6.07, 6.45) is 0.447. The van der Waals surface area contributed by atoms with Crippen molar-refractivity contribution in [3.63, 3.8) is 0 Å². The average Bonchev–Trinajstić information content (AvgIpc) is 2.96. The first-order valence-corrected chi connectivity index (χ1v) is 9.44. The Morgan fingerprint density at radius 1 is 1.28 bits per heavy atom. The van der Waals surface area contributed by atoms with Crippen LogP contribution in [0.2, 0.25) is 5.02 Å². The summed E-state index contributed by atoms with van der Waals surface area (Å²) in [4.78, 5) is 24.9. The van der Waals surface area contributed by atoms with Crippen LogP contribution in [0.3, 0.4) is 0 Å². The highest BCUT2D eigenvalue weighted by atomic mass is 35.5. The summed E-state index contributed by atoms with van der Waals surface area (Å²) in [5, 5.41) is 9.92. The smallest absolute Gasteiger partial charge is 0.349 e. The van der Waals surface area contributed by atoms with E-state index in [4.69, 9.17) is 21.1 Å². The number of benzene rings is 1. The lowest BCUT2D eigenvalue weighted by Gasteiger charge is -2.12. The van der Waals surface area contributed by atoms with Crippen LogP contribution >= 0.6 is 11.6 Å². The van der Waals surface area contributed by atoms with Crippen LogP contribution in [0.15, 0.2) is 35.9 Å². The minimum Gasteiger partial charge on any atom is -0.450 e. The molecule has 0 bridgehead atoms. The number of ether oxygens (including phenoxy) is 2. The van der Waals surface area contributed by atoms with Crippen molar-refractivity contribution in [3.8, 4) is 6.07 Å². The van der Waals surface area contributed by atoms with E-state index < -0.39 is 12.1 Å². The molecule has 1 aromatic carbocycles. The molecule has 0 radical (unpaired) electrons. The second-order valence-electron chi connectivity index (χ2n) is 6.56. The van der Waals surface area contributed by atoms with Crippen molar-refractivity contribution >= 4 is 29.4 Å². The summed E-state index contributed by atoms with van der Waals surface area (Å²) < 4.78 is 12.4. The van der Waals surface area contributed by atoms with Crippen molar-refractivity contribution in [1.82, 2.24) is 4.57 Å². The van der Waals surface area contributed by atoms with Crippen molar-refractivity contribution in [2.45, 2.75) is 33.4 Å². The quantitative estimate of drug-likeness (QED) is 0.281. The van der Waals surface area contributed by atoms with Gasteiger partial charge in [0.1, 0.15) is 11.6 Å². The molecular weight excluding hydrogens is 392 g/mol. The number of hydrogen-bond donors (Lipinski definition) is 0. The first-order chi connectivity index (χ1) is 13.8. The van der Waals surface area contributed by atoms with Gasteiger partial charge in [-0.05, 0) is 62.7 Å². The predicted octanol–water partition coefficient (Wildman–Crippen LogP) is 4.13. The number of aryl methyl sites for hydroxylation is 1. The zero-order valence-electron chi connectivity index (χ0n) is 16.9. The van der Waals surface area contributed by atoms with Crippen LogP contribution in [0.25, 0.3) is 6.08 Å². The number of aromatic nitrogens is 1. The Balaban J connectivity index is 2.17. The third-order valence-electron chi connectivity index (χ3n) is 4.55. The number of carbonyl (C=O) groups excluding carboxylic acids is 2. The van der Waals surface area contributed by atoms with Crippen LogP contribution in [0.5, 0.6) is 0 Å². The zero-order valence-corrected chi connectivity index (χ0v) is 17.6. The Labute approximate surface area is 175 Å². The SMILES string of the molecule is COCCn1c(C)cc(/C=C(\C#N)C(=O)O[C@H](C)C(=O)c2ccc(Cl)cc2)c1C. The Kier molecular flexibility index (Phi) is 7.77. The molecule has 0 spiro atoms. The maximum atomic E-state index is 12.4. The van der Waals surface area contributed by atoms with Crippen molar-refractivity contribution in [2.75, 3.05) is 13.7 Å². The van der Waals surface area contributed by atoms with Crippen LogP contribution in [0, 0.1) is 25.2 Å². The number of halogens is 1. The van der Waals surface area contributed by atoms with Gasteiger partial charge in [-0.3, -0.25) is 4.79 Å². The van der Waals surface area contributed by atoms with E-state index in [1.54, 1.807) is 31.4 Å². The third kappa shape index (κ3) is 5.57. The molecule has 0 N–H and O–H groups in total. The molecular formula is C22H23ClN2O4. The van der Waals surface area contributed by atoms with Crippen LogP contribution in [0.1, 0.15) is 34.2 Å². The second kappa shape index (κ2) is 10.1. The monoisotopic (exact) mass is 414 g/mol. The first kappa shape index (κ1) is 22.4. The maximum Gasteiger partial charge on any atom is 0.349 e. The Morgan fingerprint density at radius 2 is 1.93 bits per heavy atom. The number of hydrogen-bond acceptors (Lipinski definition) is 5. The fourth-order valence-electron chi connectivity index (χ4n) is 2.92. The van der Waals surface area contributed by atoms with E-state index in [2.05, 4.69) is 0 Å². The van der Waals surface area contributed by atoms with Crippen LogP contribution in [0.4, 0.5) is 0 Å². The number of carbonyl (C=O) groups is 2. The molecule has 6 nitrogen and oxygen atoms in total. The Morgan fingerprint density at radius 3 is 2.52 bits per heavy atom. The molecule has 0 fully saturated rings. The number of rotatable bonds is 8. The standard InChI is InChI=1S/C22H23ClN2O4/c1-14-11-18(15(2)25(14)9-10-28-4)12-19(13-24)22(27)29-16(3)21(26)17-5-7-20(23)8-6-17/h5-8,11-12,16H,9-10H2,1-4H3/b19-12+/t16-/m1/s1. The van der Waals surface area contributed by atoms with Crippen LogP contribution in [-0.2, 0) is 20.8 Å². The van der Waals surface area contributed by atoms with E-state index in [1.165, 1.54) is 13.0 Å². The van der Waals surface area contributed by atoms with E-state index in [9.17, 15) is 14.9 Å². The van der Waals surface area contributed by atoms with Crippen LogP contribution in [-0.4, -0.2) is 36.1 Å². The van der Waals surface area contributed by atoms with Gasteiger partial charge in [0.15, 0.2) is 6.10 Å². The lowest BCUT2D eigenvalue weighted by atomic mass is 10.1. The normalized spacial score (nSPS) is 12.3. The molecule has 152 valence electrons. The van der Waals surface area contributed by atoms with E-state index in [-0.39, 0.29) is 11.4 Å². The Hall–Kier alpha value is -2.88. The van der Waals surface area contributed by atoms with Gasteiger partial charge in [-0.2, -0.15) is 5.26 Å². The van der Waals surface area contributed by atoms with Gasteiger partial charge in [0, 0.05) is 35.6 Å². The summed E-state index contributed by atoms with van der Waals surface area (Å²) in [5.74, 6) is -1.21. The molecule has 0 saturated heterocycles. The molecule has 1 heterocycles. The molecule has 0 saturated carbocycles. The number of nitrogens with zero attached hydrogens (tertiary/aromatic N) is 2. The van der Waals surface area contributed by atoms with Gasteiger partial charge in [0.2, 0.25) is 5.78 Å². The van der Waals surface area contributed by atoms with E-state index in [1.807, 2.05) is 30.6 Å². The summed E-state index contributed by atoms with van der Waals surface area (Å²) >= 11 is 5.82. The number of esters is 1. The van der Waals surface area contributed by atoms with Crippen LogP contribution < -0.4 is 0 Å². The van der Waals surface area contributed by atoms with Gasteiger partial charge < -0.3 is 14.0 Å². The molecule has 7 heteroatoms. The maximum absolute atomic E-state index is 12.4. The largest absolute Gasteiger partial charge is 0.450 e. The first-order valence-electron chi connectivity index (χ1n) is 9.06. The lowest BCUT2D eigenvalue weighted by Crippen LogP contribution is -2.25. The summed E-state index contributed by atoms with van der Waals surface area (Å²) in [6, 6.07) is 10.0. The number of Topliss-reactive ketones (excluding diaryl/α,β-unsaturated/α-hetero) is 1. The molecule has 2 aromatic rings. The van der Waals surface area contributed by atoms with Crippen molar-refractivity contribution in [1.29, 1.82) is 5.26 Å². The van der Waals surface area contributed by atoms with E-state index in [0.717, 1.165) is 17.0 Å². The highest BCUT2D eigenvalue weighted by Crippen LogP contribution is 2.19. The van der Waals surface area contributed by atoms with Gasteiger partial charge in [0.25, 0.3) is 0 Å². The zero-order chi connectivity index (χ0) is 21.6. The molecule has 0 amide bonds. The topological polar surface area (TPSA) is 81.3 Å². The summed E-state index contributed by atoms with van der Waals surface area (Å²) in [5.41, 5.74) is 2.84. The lowest BCUT2D eigenvalue weighted by molar-refractivity contribution is -0.141. The van der Waals surface area contributed by atoms with Gasteiger partial charge in [-0.1, -0.05) is 11.6 Å². The minimum absolute atomic E-state index is 0.173. The molecule has 0 unspecified atom stereocenters. The van der Waals surface area contributed by atoms with Crippen molar-refractivity contribution in [2.24, 2.45) is 0 Å². The highest BCUT2D eigenvalue weighted by Gasteiger charge is 2.22. The second-order valence-corrected chi connectivity index (χ2v) is 7.00. The number of nitriles is 1. The molecule has 0 aliphatic rings. The van der Waals surface area contributed by atoms with E-state index in [0.29, 0.717) is 23.7 Å². The average molecular weight is 415 g/mol. The molecule has 29 heavy (non-hydrogen) atoms. The highest BCUT2D eigenvalue weighted by molar-refractivity contribution is 6.30. The molecule has 2 rings (SSSR count). The molecule has 0 aliphatic carbocycles. The number of methoxy groups -OCH3 is 1. The number of ketones is 1. The molecule has 1 aromatic heterocycles. The fraction of sp³-hybridized carbons (Fsp3) is 0.318. The van der Waals surface area contributed by atoms with Crippen molar-refractivity contribution < 1.29 is 19.1 Å². The van der Waals surface area contributed by atoms with Gasteiger partial charge in [0.05, 0.1) is 6.61 Å². The molecule has 0 aliphatic heterocycles. The Bertz CT molecular complexity index is 968. The van der Waals surface area contributed by atoms with Gasteiger partial charge in [-0.25, -0.2) is 4.79 Å². The predicted molar refractivity (Wildman–Crippen MR) is 111 cm³/mol. The summed E-state index contributed by atoms with van der Waals surface area (Å²) in [7, 11) is 1.63. The summed E-state index contributed by atoms with van der Waals surface area (Å²) in [6.45, 7) is 6.54. The van der Waals surface area contributed by atoms with E-state index >= 15 is 0 Å². The molecule has 1 atom stereocenters. The fourth-order valence-corrected chi connectivity index (χ4v) is 3.05. The van der Waals surface area contributed by atoms with Crippen molar-refractivity contribution in [3.05, 3.63) is 63.4 Å². The minimum atomic E-state index is -1.03.